The zero-order chi connectivity index (χ0) is 11.4. The van der Waals surface area contributed by atoms with Crippen molar-refractivity contribution in [2.45, 2.75) is 45.3 Å². The van der Waals surface area contributed by atoms with E-state index in [1.807, 2.05) is 0 Å². The second kappa shape index (κ2) is 5.46. The van der Waals surface area contributed by atoms with E-state index in [1.165, 1.54) is 36.9 Å². The molecular weight excluding hydrogens is 196 g/mol. The summed E-state index contributed by atoms with van der Waals surface area (Å²) < 4.78 is 0. The summed E-state index contributed by atoms with van der Waals surface area (Å²) in [5.74, 6) is 0. The van der Waals surface area contributed by atoms with Crippen LogP contribution >= 0.6 is 0 Å². The summed E-state index contributed by atoms with van der Waals surface area (Å²) in [6.45, 7) is 5.30. The fraction of sp³-hybridized carbons (Fsp3) is 0.571. The average Bonchev–Trinajstić information content (AvgIpc) is 2.32. The van der Waals surface area contributed by atoms with Gasteiger partial charge in [-0.1, -0.05) is 30.7 Å². The molecule has 0 bridgehead atoms. The molecule has 2 N–H and O–H groups in total. The van der Waals surface area contributed by atoms with Crippen molar-refractivity contribution in [1.82, 2.24) is 4.90 Å². The molecule has 0 saturated carbocycles. The Labute approximate surface area is 98.4 Å². The minimum Gasteiger partial charge on any atom is -0.326 e. The molecule has 1 atom stereocenters. The second-order valence-electron chi connectivity index (χ2n) is 4.84. The Hall–Kier alpha value is -0.860. The highest BCUT2D eigenvalue weighted by atomic mass is 15.2. The van der Waals surface area contributed by atoms with Gasteiger partial charge < -0.3 is 5.73 Å². The van der Waals surface area contributed by atoms with E-state index in [0.717, 1.165) is 12.6 Å². The lowest BCUT2D eigenvalue weighted by Crippen LogP contribution is -2.36. The number of benzene rings is 1. The monoisotopic (exact) mass is 218 g/mol. The lowest BCUT2D eigenvalue weighted by Gasteiger charge is -2.33. The predicted molar refractivity (Wildman–Crippen MR) is 68.1 cm³/mol. The molecular formula is C14H22N2. The van der Waals surface area contributed by atoms with Crippen molar-refractivity contribution in [2.24, 2.45) is 5.73 Å². The highest BCUT2D eigenvalue weighted by molar-refractivity contribution is 5.23. The zero-order valence-corrected chi connectivity index (χ0v) is 10.2. The van der Waals surface area contributed by atoms with E-state index < -0.39 is 0 Å². The molecule has 1 aliphatic rings. The van der Waals surface area contributed by atoms with Gasteiger partial charge in [0.15, 0.2) is 0 Å². The number of nitrogens with two attached hydrogens (primary N) is 1. The molecule has 0 aliphatic carbocycles. The van der Waals surface area contributed by atoms with Crippen LogP contribution in [0.5, 0.6) is 0 Å². The van der Waals surface area contributed by atoms with E-state index in [9.17, 15) is 0 Å². The zero-order valence-electron chi connectivity index (χ0n) is 10.2. The molecule has 0 spiro atoms. The first-order valence-electron chi connectivity index (χ1n) is 6.31. The van der Waals surface area contributed by atoms with Gasteiger partial charge in [0.2, 0.25) is 0 Å². The first-order valence-corrected chi connectivity index (χ1v) is 6.31. The van der Waals surface area contributed by atoms with Gasteiger partial charge in [-0.15, -0.1) is 0 Å². The summed E-state index contributed by atoms with van der Waals surface area (Å²) in [7, 11) is 0. The van der Waals surface area contributed by atoms with Crippen molar-refractivity contribution in [3.63, 3.8) is 0 Å². The van der Waals surface area contributed by atoms with Gasteiger partial charge in [0.25, 0.3) is 0 Å². The summed E-state index contributed by atoms with van der Waals surface area (Å²) in [6.07, 6.45) is 4.08. The van der Waals surface area contributed by atoms with Crippen molar-refractivity contribution >= 4 is 0 Å². The summed E-state index contributed by atoms with van der Waals surface area (Å²) in [4.78, 5) is 2.58. The van der Waals surface area contributed by atoms with Gasteiger partial charge in [0.05, 0.1) is 0 Å². The fourth-order valence-electron chi connectivity index (χ4n) is 2.48. The molecule has 1 fully saturated rings. The topological polar surface area (TPSA) is 29.3 Å². The van der Waals surface area contributed by atoms with E-state index in [4.69, 9.17) is 5.73 Å². The maximum atomic E-state index is 5.67. The van der Waals surface area contributed by atoms with E-state index in [-0.39, 0.29) is 0 Å². The molecule has 0 amide bonds. The first kappa shape index (κ1) is 11.6. The molecule has 0 aromatic heterocycles. The Morgan fingerprint density at radius 1 is 1.31 bits per heavy atom. The van der Waals surface area contributed by atoms with Crippen molar-refractivity contribution in [3.05, 3.63) is 35.4 Å². The van der Waals surface area contributed by atoms with Crippen LogP contribution in [0.4, 0.5) is 0 Å². The summed E-state index contributed by atoms with van der Waals surface area (Å²) in [5, 5.41) is 0. The molecule has 1 aromatic rings. The second-order valence-corrected chi connectivity index (χ2v) is 4.84. The smallest absolute Gasteiger partial charge is 0.0236 e. The first-order chi connectivity index (χ1) is 7.79. The van der Waals surface area contributed by atoms with Gasteiger partial charge in [0, 0.05) is 19.1 Å². The van der Waals surface area contributed by atoms with Gasteiger partial charge in [-0.2, -0.15) is 0 Å². The maximum Gasteiger partial charge on any atom is 0.0236 e. The van der Waals surface area contributed by atoms with Gasteiger partial charge in [-0.05, 0) is 37.4 Å². The third kappa shape index (κ3) is 2.83. The highest BCUT2D eigenvalue weighted by Crippen LogP contribution is 2.19. The van der Waals surface area contributed by atoms with Crippen LogP contribution in [-0.2, 0) is 13.1 Å². The van der Waals surface area contributed by atoms with Gasteiger partial charge >= 0.3 is 0 Å². The van der Waals surface area contributed by atoms with Crippen LogP contribution in [0.2, 0.25) is 0 Å². The lowest BCUT2D eigenvalue weighted by molar-refractivity contribution is 0.152. The maximum absolute atomic E-state index is 5.67. The van der Waals surface area contributed by atoms with Gasteiger partial charge in [-0.25, -0.2) is 0 Å². The number of hydrogen-bond donors (Lipinski definition) is 1. The standard InChI is InChI=1S/C14H22N2/c1-12-5-2-3-8-16(12)11-14-7-4-6-13(9-14)10-15/h4,6-7,9,12H,2-3,5,8,10-11,15H2,1H3. The Morgan fingerprint density at radius 3 is 2.88 bits per heavy atom. The molecule has 0 radical (unpaired) electrons. The van der Waals surface area contributed by atoms with Crippen LogP contribution in [0.3, 0.4) is 0 Å². The van der Waals surface area contributed by atoms with E-state index in [2.05, 4.69) is 36.1 Å². The molecule has 1 aromatic carbocycles. The minimum absolute atomic E-state index is 0.642. The Bertz CT molecular complexity index is 335. The quantitative estimate of drug-likeness (QED) is 0.844. The fourth-order valence-corrected chi connectivity index (χ4v) is 2.48. The van der Waals surface area contributed by atoms with Crippen molar-refractivity contribution in [3.8, 4) is 0 Å². The molecule has 1 heterocycles. The van der Waals surface area contributed by atoms with E-state index in [1.54, 1.807) is 0 Å². The normalized spacial score (nSPS) is 22.2. The third-order valence-corrected chi connectivity index (χ3v) is 3.55. The lowest BCUT2D eigenvalue weighted by atomic mass is 10.0. The number of rotatable bonds is 3. The Morgan fingerprint density at radius 2 is 2.12 bits per heavy atom. The number of likely N-dealkylation sites (tertiary alicyclic amines) is 1. The largest absolute Gasteiger partial charge is 0.326 e. The summed E-state index contributed by atoms with van der Waals surface area (Å²) in [6, 6.07) is 9.40. The number of nitrogens with zero attached hydrogens (tertiary/aromatic N) is 1. The molecule has 2 nitrogen and oxygen atoms in total. The third-order valence-electron chi connectivity index (χ3n) is 3.55. The highest BCUT2D eigenvalue weighted by Gasteiger charge is 2.17. The molecule has 2 rings (SSSR count). The van der Waals surface area contributed by atoms with Crippen molar-refractivity contribution in [1.29, 1.82) is 0 Å². The molecule has 1 unspecified atom stereocenters. The minimum atomic E-state index is 0.642. The van der Waals surface area contributed by atoms with Gasteiger partial charge in [0.1, 0.15) is 0 Å². The number of hydrogen-bond acceptors (Lipinski definition) is 2. The van der Waals surface area contributed by atoms with E-state index in [0.29, 0.717) is 6.54 Å². The summed E-state index contributed by atoms with van der Waals surface area (Å²) >= 11 is 0. The Balaban J connectivity index is 2.01. The predicted octanol–water partition coefficient (Wildman–Crippen LogP) is 2.52. The van der Waals surface area contributed by atoms with Crippen LogP contribution in [0, 0.1) is 0 Å². The van der Waals surface area contributed by atoms with Crippen molar-refractivity contribution in [2.75, 3.05) is 6.54 Å². The molecule has 1 aliphatic heterocycles. The van der Waals surface area contributed by atoms with Crippen LogP contribution in [0.15, 0.2) is 24.3 Å². The molecule has 1 saturated heterocycles. The van der Waals surface area contributed by atoms with Crippen LogP contribution in [0.1, 0.15) is 37.3 Å². The van der Waals surface area contributed by atoms with Crippen molar-refractivity contribution < 1.29 is 0 Å². The molecule has 2 heteroatoms. The van der Waals surface area contributed by atoms with Crippen LogP contribution in [0.25, 0.3) is 0 Å². The van der Waals surface area contributed by atoms with Crippen LogP contribution in [-0.4, -0.2) is 17.5 Å². The van der Waals surface area contributed by atoms with E-state index >= 15 is 0 Å². The average molecular weight is 218 g/mol. The molecule has 88 valence electrons. The SMILES string of the molecule is CC1CCCCN1Cc1cccc(CN)c1. The van der Waals surface area contributed by atoms with Crippen LogP contribution < -0.4 is 5.73 Å². The Kier molecular flexibility index (Phi) is 3.97. The van der Waals surface area contributed by atoms with Gasteiger partial charge in [-0.3, -0.25) is 4.90 Å². The molecule has 16 heavy (non-hydrogen) atoms. The number of piperidine rings is 1. The summed E-state index contributed by atoms with van der Waals surface area (Å²) in [5.41, 5.74) is 8.30.